The fourth-order valence-corrected chi connectivity index (χ4v) is 4.17. The Hall–Kier alpha value is -1.01. The van der Waals surface area contributed by atoms with Gasteiger partial charge in [-0.1, -0.05) is 42.5 Å². The van der Waals surface area contributed by atoms with E-state index in [1.54, 1.807) is 18.2 Å². The monoisotopic (exact) mass is 400 g/mol. The number of ether oxygens (including phenoxy) is 2. The molecule has 0 unspecified atom stereocenters. The van der Waals surface area contributed by atoms with E-state index in [1.165, 1.54) is 19.3 Å². The van der Waals surface area contributed by atoms with Crippen molar-refractivity contribution in [2.75, 3.05) is 39.5 Å². The highest BCUT2D eigenvalue weighted by Crippen LogP contribution is 2.34. The summed E-state index contributed by atoms with van der Waals surface area (Å²) in [4.78, 5) is 14.8. The lowest BCUT2D eigenvalue weighted by Crippen LogP contribution is -2.60. The van der Waals surface area contributed by atoms with Crippen LogP contribution in [0.3, 0.4) is 0 Å². The van der Waals surface area contributed by atoms with Gasteiger partial charge in [0, 0.05) is 31.2 Å². The van der Waals surface area contributed by atoms with Gasteiger partial charge in [-0.2, -0.15) is 0 Å². The van der Waals surface area contributed by atoms with Crippen LogP contribution in [0.25, 0.3) is 0 Å². The first-order valence-electron chi connectivity index (χ1n) is 9.26. The third kappa shape index (κ3) is 5.03. The number of carbonyl (C=O) groups excluding carboxylic acids is 1. The molecule has 1 N–H and O–H groups in total. The Morgan fingerprint density at radius 3 is 2.58 bits per heavy atom. The van der Waals surface area contributed by atoms with Gasteiger partial charge in [-0.05, 0) is 25.0 Å². The number of nitrogens with zero attached hydrogens (tertiary/aromatic N) is 1. The van der Waals surface area contributed by atoms with Crippen molar-refractivity contribution in [3.05, 3.63) is 28.2 Å². The predicted molar refractivity (Wildman–Crippen MR) is 103 cm³/mol. The van der Waals surface area contributed by atoms with Gasteiger partial charge >= 0.3 is 0 Å². The molecule has 0 spiro atoms. The lowest BCUT2D eigenvalue weighted by molar-refractivity contribution is -0.124. The van der Waals surface area contributed by atoms with Crippen molar-refractivity contribution >= 4 is 29.1 Å². The van der Waals surface area contributed by atoms with Crippen molar-refractivity contribution in [3.63, 3.8) is 0 Å². The molecule has 1 aromatic rings. The molecule has 5 nitrogen and oxygen atoms in total. The summed E-state index contributed by atoms with van der Waals surface area (Å²) in [5.41, 5.74) is 0.0568. The van der Waals surface area contributed by atoms with Gasteiger partial charge in [0.1, 0.15) is 5.75 Å². The molecule has 1 saturated heterocycles. The van der Waals surface area contributed by atoms with E-state index in [4.69, 9.17) is 32.7 Å². The summed E-state index contributed by atoms with van der Waals surface area (Å²) in [5.74, 6) is 0.421. The molecule has 2 aliphatic rings. The number of morpholine rings is 1. The van der Waals surface area contributed by atoms with Crippen molar-refractivity contribution in [2.45, 2.75) is 37.6 Å². The number of nitrogens with one attached hydrogen (secondary N) is 1. The molecule has 3 rings (SSSR count). The second-order valence-corrected chi connectivity index (χ2v) is 7.84. The van der Waals surface area contributed by atoms with Gasteiger partial charge in [-0.15, -0.1) is 0 Å². The lowest BCUT2D eigenvalue weighted by Gasteiger charge is -2.48. The van der Waals surface area contributed by atoms with Crippen molar-refractivity contribution in [3.8, 4) is 5.75 Å². The quantitative estimate of drug-likeness (QED) is 0.793. The molecular formula is C19H26Cl2N2O3. The standard InChI is InChI=1S/C19H26Cl2N2O3/c20-16-5-4-15(12-17(16)21)26-13-18(24)22-14-19(6-2-1-3-7-19)23-8-10-25-11-9-23/h4-5,12H,1-3,6-11,13-14H2,(H,22,24). The van der Waals surface area contributed by atoms with Crippen LogP contribution >= 0.6 is 23.2 Å². The van der Waals surface area contributed by atoms with Crippen molar-refractivity contribution in [1.29, 1.82) is 0 Å². The van der Waals surface area contributed by atoms with Crippen LogP contribution in [0.5, 0.6) is 5.75 Å². The van der Waals surface area contributed by atoms with Gasteiger partial charge in [0.05, 0.1) is 23.3 Å². The summed E-state index contributed by atoms with van der Waals surface area (Å²) < 4.78 is 11.0. The smallest absolute Gasteiger partial charge is 0.258 e. The number of benzene rings is 1. The zero-order chi connectivity index (χ0) is 18.4. The molecule has 26 heavy (non-hydrogen) atoms. The first kappa shape index (κ1) is 19.7. The average Bonchev–Trinajstić information content (AvgIpc) is 2.69. The highest BCUT2D eigenvalue weighted by atomic mass is 35.5. The highest BCUT2D eigenvalue weighted by molar-refractivity contribution is 6.42. The van der Waals surface area contributed by atoms with E-state index in [0.29, 0.717) is 22.3 Å². The number of hydrogen-bond acceptors (Lipinski definition) is 4. The maximum atomic E-state index is 12.3. The van der Waals surface area contributed by atoms with Crippen LogP contribution in [0.15, 0.2) is 18.2 Å². The van der Waals surface area contributed by atoms with E-state index in [1.807, 2.05) is 0 Å². The number of halogens is 2. The Kier molecular flexibility index (Phi) is 7.04. The van der Waals surface area contributed by atoms with Crippen LogP contribution in [0.2, 0.25) is 10.0 Å². The zero-order valence-electron chi connectivity index (χ0n) is 14.9. The van der Waals surface area contributed by atoms with E-state index in [0.717, 1.165) is 39.1 Å². The molecule has 1 heterocycles. The molecule has 1 aliphatic carbocycles. The maximum Gasteiger partial charge on any atom is 0.258 e. The minimum atomic E-state index is -0.116. The largest absolute Gasteiger partial charge is 0.484 e. The first-order valence-corrected chi connectivity index (χ1v) is 10.0. The molecule has 7 heteroatoms. The molecule has 1 aromatic carbocycles. The fraction of sp³-hybridized carbons (Fsp3) is 0.632. The van der Waals surface area contributed by atoms with E-state index in [9.17, 15) is 4.79 Å². The summed E-state index contributed by atoms with van der Waals surface area (Å²) in [7, 11) is 0. The second-order valence-electron chi connectivity index (χ2n) is 7.03. The summed E-state index contributed by atoms with van der Waals surface area (Å²) >= 11 is 11.9. The topological polar surface area (TPSA) is 50.8 Å². The molecule has 2 fully saturated rings. The van der Waals surface area contributed by atoms with Crippen LogP contribution in [-0.2, 0) is 9.53 Å². The van der Waals surface area contributed by atoms with Crippen molar-refractivity contribution in [1.82, 2.24) is 10.2 Å². The molecule has 1 amide bonds. The van der Waals surface area contributed by atoms with Gasteiger partial charge in [0.15, 0.2) is 6.61 Å². The summed E-state index contributed by atoms with van der Waals surface area (Å²) in [5, 5.41) is 3.96. The van der Waals surface area contributed by atoms with Gasteiger partial charge in [0.2, 0.25) is 0 Å². The number of amides is 1. The van der Waals surface area contributed by atoms with Crippen LogP contribution in [0.1, 0.15) is 32.1 Å². The summed E-state index contributed by atoms with van der Waals surface area (Å²) in [6, 6.07) is 4.98. The Labute approximate surface area is 164 Å². The normalized spacial score (nSPS) is 20.5. The molecule has 0 atom stereocenters. The molecule has 1 aliphatic heterocycles. The van der Waals surface area contributed by atoms with Crippen LogP contribution in [0.4, 0.5) is 0 Å². The third-order valence-corrected chi connectivity index (χ3v) is 6.08. The van der Waals surface area contributed by atoms with Gasteiger partial charge < -0.3 is 14.8 Å². The number of hydrogen-bond donors (Lipinski definition) is 1. The fourth-order valence-electron chi connectivity index (χ4n) is 3.88. The molecule has 1 saturated carbocycles. The minimum Gasteiger partial charge on any atom is -0.484 e. The first-order chi connectivity index (χ1) is 12.6. The van der Waals surface area contributed by atoms with Crippen LogP contribution < -0.4 is 10.1 Å². The molecule has 0 radical (unpaired) electrons. The molecule has 0 aromatic heterocycles. The summed E-state index contributed by atoms with van der Waals surface area (Å²) in [6.07, 6.45) is 5.96. The Bertz CT molecular complexity index is 615. The third-order valence-electron chi connectivity index (χ3n) is 5.34. The second kappa shape index (κ2) is 9.27. The highest BCUT2D eigenvalue weighted by Gasteiger charge is 2.38. The Balaban J connectivity index is 1.52. The minimum absolute atomic E-state index is 0.0306. The SMILES string of the molecule is O=C(COc1ccc(Cl)c(Cl)c1)NCC1(N2CCOCC2)CCCCC1. The van der Waals surface area contributed by atoms with Gasteiger partial charge in [0.25, 0.3) is 5.91 Å². The van der Waals surface area contributed by atoms with Crippen LogP contribution in [-0.4, -0.2) is 55.8 Å². The molecular weight excluding hydrogens is 375 g/mol. The average molecular weight is 401 g/mol. The summed E-state index contributed by atoms with van der Waals surface area (Å²) in [6.45, 7) is 4.06. The zero-order valence-corrected chi connectivity index (χ0v) is 16.4. The van der Waals surface area contributed by atoms with Crippen molar-refractivity contribution < 1.29 is 14.3 Å². The van der Waals surface area contributed by atoms with E-state index in [2.05, 4.69) is 10.2 Å². The van der Waals surface area contributed by atoms with E-state index >= 15 is 0 Å². The van der Waals surface area contributed by atoms with Crippen molar-refractivity contribution in [2.24, 2.45) is 0 Å². The Morgan fingerprint density at radius 2 is 1.88 bits per heavy atom. The van der Waals surface area contributed by atoms with Crippen LogP contribution in [0, 0.1) is 0 Å². The predicted octanol–water partition coefficient (Wildman–Crippen LogP) is 3.52. The van der Waals surface area contributed by atoms with Gasteiger partial charge in [-0.25, -0.2) is 0 Å². The molecule has 144 valence electrons. The maximum absolute atomic E-state index is 12.3. The van der Waals surface area contributed by atoms with E-state index in [-0.39, 0.29) is 18.1 Å². The molecule has 0 bridgehead atoms. The number of carbonyl (C=O) groups is 1. The lowest BCUT2D eigenvalue weighted by atomic mass is 9.79. The van der Waals surface area contributed by atoms with Gasteiger partial charge in [-0.3, -0.25) is 9.69 Å². The Morgan fingerprint density at radius 1 is 1.15 bits per heavy atom. The van der Waals surface area contributed by atoms with E-state index < -0.39 is 0 Å². The number of rotatable bonds is 6.